The third kappa shape index (κ3) is 3.89. The maximum absolute atomic E-state index is 13.2. The van der Waals surface area contributed by atoms with Gasteiger partial charge in [0, 0.05) is 24.7 Å². The van der Waals surface area contributed by atoms with Gasteiger partial charge in [-0.15, -0.1) is 0 Å². The first-order valence-corrected chi connectivity index (χ1v) is 6.54. The second-order valence-electron chi connectivity index (χ2n) is 5.04. The zero-order chi connectivity index (χ0) is 13.8. The average Bonchev–Trinajstić information content (AvgIpc) is 2.37. The molecule has 0 saturated carbocycles. The van der Waals surface area contributed by atoms with Gasteiger partial charge in [0.25, 0.3) is 0 Å². The molecule has 0 amide bonds. The third-order valence-electron chi connectivity index (χ3n) is 3.23. The number of likely N-dealkylation sites (N-methyl/N-ethyl adjacent to an activating group) is 1. The minimum absolute atomic E-state index is 0.0460. The molecule has 2 N–H and O–H groups in total. The van der Waals surface area contributed by atoms with E-state index in [9.17, 15) is 4.39 Å². The molecule has 1 aliphatic rings. The maximum Gasteiger partial charge on any atom is 0.124 e. The summed E-state index contributed by atoms with van der Waals surface area (Å²) in [6.07, 6.45) is 0.0460. The molecule has 1 aromatic rings. The van der Waals surface area contributed by atoms with E-state index in [0.29, 0.717) is 24.5 Å². The molecule has 0 radical (unpaired) electrons. The molecule has 5 heteroatoms. The van der Waals surface area contributed by atoms with Crippen LogP contribution in [0.5, 0.6) is 5.75 Å². The molecule has 0 spiro atoms. The van der Waals surface area contributed by atoms with Crippen LogP contribution in [-0.4, -0.2) is 44.4 Å². The number of nitrogens with two attached hydrogens (primary N) is 1. The van der Waals surface area contributed by atoms with E-state index in [2.05, 4.69) is 11.9 Å². The Labute approximate surface area is 113 Å². The first-order valence-electron chi connectivity index (χ1n) is 6.54. The van der Waals surface area contributed by atoms with Gasteiger partial charge >= 0.3 is 0 Å². The summed E-state index contributed by atoms with van der Waals surface area (Å²) in [6, 6.07) is 4.17. The van der Waals surface area contributed by atoms with E-state index >= 15 is 0 Å². The Balaban J connectivity index is 1.99. The lowest BCUT2D eigenvalue weighted by molar-refractivity contribution is -0.0405. The van der Waals surface area contributed by atoms with Gasteiger partial charge in [-0.2, -0.15) is 0 Å². The van der Waals surface area contributed by atoms with Crippen LogP contribution in [0.2, 0.25) is 0 Å². The summed E-state index contributed by atoms with van der Waals surface area (Å²) < 4.78 is 24.6. The SMILES string of the molecule is C[C@@H](N)c1cc(F)ccc1OCC1CN(C)CCO1. The molecule has 0 bridgehead atoms. The molecule has 19 heavy (non-hydrogen) atoms. The predicted octanol–water partition coefficient (Wildman–Crippen LogP) is 1.55. The Morgan fingerprint density at radius 2 is 2.37 bits per heavy atom. The van der Waals surface area contributed by atoms with Crippen molar-refractivity contribution in [1.29, 1.82) is 0 Å². The van der Waals surface area contributed by atoms with Crippen LogP contribution in [0.1, 0.15) is 18.5 Å². The Bertz CT molecular complexity index is 426. The van der Waals surface area contributed by atoms with Crippen LogP contribution in [0.15, 0.2) is 18.2 Å². The van der Waals surface area contributed by atoms with E-state index in [1.165, 1.54) is 12.1 Å². The number of benzene rings is 1. The van der Waals surface area contributed by atoms with Gasteiger partial charge in [-0.3, -0.25) is 0 Å². The quantitative estimate of drug-likeness (QED) is 0.900. The van der Waals surface area contributed by atoms with Crippen molar-refractivity contribution in [2.45, 2.75) is 19.1 Å². The van der Waals surface area contributed by atoms with Gasteiger partial charge in [-0.05, 0) is 32.2 Å². The first kappa shape index (κ1) is 14.2. The van der Waals surface area contributed by atoms with Crippen molar-refractivity contribution < 1.29 is 13.9 Å². The van der Waals surface area contributed by atoms with Gasteiger partial charge in [0.1, 0.15) is 24.3 Å². The van der Waals surface area contributed by atoms with Crippen LogP contribution in [-0.2, 0) is 4.74 Å². The molecule has 2 atom stereocenters. The summed E-state index contributed by atoms with van der Waals surface area (Å²) in [5.74, 6) is 0.335. The fourth-order valence-electron chi connectivity index (χ4n) is 2.16. The van der Waals surface area contributed by atoms with E-state index in [1.54, 1.807) is 6.07 Å². The molecule has 0 aromatic heterocycles. The van der Waals surface area contributed by atoms with Crippen molar-refractivity contribution in [2.75, 3.05) is 33.4 Å². The fraction of sp³-hybridized carbons (Fsp3) is 0.571. The minimum Gasteiger partial charge on any atom is -0.490 e. The second-order valence-corrected chi connectivity index (χ2v) is 5.04. The smallest absolute Gasteiger partial charge is 0.124 e. The van der Waals surface area contributed by atoms with E-state index in [4.69, 9.17) is 15.2 Å². The molecular formula is C14H21FN2O2. The first-order chi connectivity index (χ1) is 9.06. The van der Waals surface area contributed by atoms with Gasteiger partial charge in [-0.1, -0.05) is 0 Å². The molecule has 0 aliphatic carbocycles. The molecule has 2 rings (SSSR count). The molecule has 1 heterocycles. The Morgan fingerprint density at radius 1 is 1.58 bits per heavy atom. The Hall–Kier alpha value is -1.17. The lowest BCUT2D eigenvalue weighted by Crippen LogP contribution is -2.42. The monoisotopic (exact) mass is 268 g/mol. The standard InChI is InChI=1S/C14H21FN2O2/c1-10(16)13-7-11(15)3-4-14(13)19-9-12-8-17(2)5-6-18-12/h3-4,7,10,12H,5-6,8-9,16H2,1-2H3/t10-,12?/m1/s1. The minimum atomic E-state index is -0.298. The average molecular weight is 268 g/mol. The Kier molecular flexibility index (Phi) is 4.74. The van der Waals surface area contributed by atoms with Gasteiger partial charge in [0.05, 0.1) is 6.61 Å². The van der Waals surface area contributed by atoms with Crippen LogP contribution in [0, 0.1) is 5.82 Å². The molecular weight excluding hydrogens is 247 g/mol. The number of nitrogens with zero attached hydrogens (tertiary/aromatic N) is 1. The van der Waals surface area contributed by atoms with Crippen molar-refractivity contribution in [3.8, 4) is 5.75 Å². The topological polar surface area (TPSA) is 47.7 Å². The van der Waals surface area contributed by atoms with Crippen LogP contribution >= 0.6 is 0 Å². The summed E-state index contributed by atoms with van der Waals surface area (Å²) in [7, 11) is 2.06. The van der Waals surface area contributed by atoms with Crippen molar-refractivity contribution in [3.05, 3.63) is 29.6 Å². The van der Waals surface area contributed by atoms with Crippen LogP contribution < -0.4 is 10.5 Å². The van der Waals surface area contributed by atoms with E-state index < -0.39 is 0 Å². The lowest BCUT2D eigenvalue weighted by atomic mass is 10.1. The van der Waals surface area contributed by atoms with E-state index in [-0.39, 0.29) is 18.0 Å². The van der Waals surface area contributed by atoms with Crippen molar-refractivity contribution in [3.63, 3.8) is 0 Å². The van der Waals surface area contributed by atoms with Crippen LogP contribution in [0.3, 0.4) is 0 Å². The zero-order valence-electron chi connectivity index (χ0n) is 11.4. The third-order valence-corrected chi connectivity index (χ3v) is 3.23. The molecule has 1 unspecified atom stereocenters. The van der Waals surface area contributed by atoms with Gasteiger partial charge < -0.3 is 20.1 Å². The van der Waals surface area contributed by atoms with Crippen LogP contribution in [0.4, 0.5) is 4.39 Å². The number of hydrogen-bond acceptors (Lipinski definition) is 4. The predicted molar refractivity (Wildman–Crippen MR) is 71.7 cm³/mol. The normalized spacial score (nSPS) is 22.2. The number of morpholine rings is 1. The van der Waals surface area contributed by atoms with Gasteiger partial charge in [0.2, 0.25) is 0 Å². The van der Waals surface area contributed by atoms with Gasteiger partial charge in [0.15, 0.2) is 0 Å². The van der Waals surface area contributed by atoms with Gasteiger partial charge in [-0.25, -0.2) is 4.39 Å². The largest absolute Gasteiger partial charge is 0.490 e. The molecule has 106 valence electrons. The molecule has 1 aromatic carbocycles. The van der Waals surface area contributed by atoms with Crippen LogP contribution in [0.25, 0.3) is 0 Å². The van der Waals surface area contributed by atoms with Crippen molar-refractivity contribution in [2.24, 2.45) is 5.73 Å². The summed E-state index contributed by atoms with van der Waals surface area (Å²) in [5.41, 5.74) is 6.51. The lowest BCUT2D eigenvalue weighted by Gasteiger charge is -2.30. The van der Waals surface area contributed by atoms with Crippen molar-refractivity contribution in [1.82, 2.24) is 4.90 Å². The van der Waals surface area contributed by atoms with Crippen molar-refractivity contribution >= 4 is 0 Å². The van der Waals surface area contributed by atoms with E-state index in [1.807, 2.05) is 6.92 Å². The highest BCUT2D eigenvalue weighted by Crippen LogP contribution is 2.25. The number of halogens is 1. The zero-order valence-corrected chi connectivity index (χ0v) is 11.4. The number of ether oxygens (including phenoxy) is 2. The second kappa shape index (κ2) is 6.32. The highest BCUT2D eigenvalue weighted by Gasteiger charge is 2.19. The molecule has 1 saturated heterocycles. The number of hydrogen-bond donors (Lipinski definition) is 1. The number of rotatable bonds is 4. The highest BCUT2D eigenvalue weighted by molar-refractivity contribution is 5.36. The maximum atomic E-state index is 13.2. The van der Waals surface area contributed by atoms with E-state index in [0.717, 1.165) is 13.1 Å². The molecule has 1 fully saturated rings. The molecule has 4 nitrogen and oxygen atoms in total. The summed E-state index contributed by atoms with van der Waals surface area (Å²) >= 11 is 0. The summed E-state index contributed by atoms with van der Waals surface area (Å²) in [5, 5.41) is 0. The summed E-state index contributed by atoms with van der Waals surface area (Å²) in [4.78, 5) is 2.20. The Morgan fingerprint density at radius 3 is 3.05 bits per heavy atom. The highest BCUT2D eigenvalue weighted by atomic mass is 19.1. The summed E-state index contributed by atoms with van der Waals surface area (Å²) in [6.45, 7) is 4.77. The fourth-order valence-corrected chi connectivity index (χ4v) is 2.16. The molecule has 1 aliphatic heterocycles.